The van der Waals surface area contributed by atoms with Crippen LogP contribution in [-0.4, -0.2) is 42.4 Å². The van der Waals surface area contributed by atoms with Gasteiger partial charge < -0.3 is 19.9 Å². The summed E-state index contributed by atoms with van der Waals surface area (Å²) in [7, 11) is 1.65. The summed E-state index contributed by atoms with van der Waals surface area (Å²) in [6, 6.07) is 5.18. The number of aliphatic hydroxyl groups is 1. The molecule has 0 aromatic carbocycles. The molecule has 1 amide bonds. The third-order valence-electron chi connectivity index (χ3n) is 3.64. The number of aromatic nitrogens is 1. The first kappa shape index (κ1) is 19.5. The van der Waals surface area contributed by atoms with Gasteiger partial charge in [-0.15, -0.1) is 0 Å². The lowest BCUT2D eigenvalue weighted by atomic mass is 9.95. The van der Waals surface area contributed by atoms with Gasteiger partial charge in [0.2, 0.25) is 5.91 Å². The van der Waals surface area contributed by atoms with Crippen molar-refractivity contribution in [2.75, 3.05) is 25.6 Å². The molecule has 130 valence electrons. The van der Waals surface area contributed by atoms with Gasteiger partial charge in [-0.25, -0.2) is 4.98 Å². The van der Waals surface area contributed by atoms with E-state index in [1.165, 1.54) is 0 Å². The lowest BCUT2D eigenvalue weighted by molar-refractivity contribution is -0.117. The molecule has 2 unspecified atom stereocenters. The fourth-order valence-corrected chi connectivity index (χ4v) is 2.47. The van der Waals surface area contributed by atoms with Crippen molar-refractivity contribution in [2.45, 2.75) is 45.8 Å². The Bertz CT molecular complexity index is 462. The quantitative estimate of drug-likeness (QED) is 0.653. The number of methoxy groups -OCH3 is 1. The first-order valence-corrected chi connectivity index (χ1v) is 8.10. The summed E-state index contributed by atoms with van der Waals surface area (Å²) in [5, 5.41) is 11.9. The maximum Gasteiger partial charge on any atom is 0.225 e. The van der Waals surface area contributed by atoms with Gasteiger partial charge in [0.25, 0.3) is 0 Å². The topological polar surface area (TPSA) is 80.7 Å². The SMILES string of the molecule is CCOC(COC)CC(CC)CC(=O)Nc1cccc(CO)n1. The van der Waals surface area contributed by atoms with Crippen LogP contribution in [0.4, 0.5) is 5.82 Å². The van der Waals surface area contributed by atoms with Crippen molar-refractivity contribution in [3.63, 3.8) is 0 Å². The van der Waals surface area contributed by atoms with Crippen molar-refractivity contribution < 1.29 is 19.4 Å². The van der Waals surface area contributed by atoms with Gasteiger partial charge >= 0.3 is 0 Å². The highest BCUT2D eigenvalue weighted by Crippen LogP contribution is 2.19. The predicted molar refractivity (Wildman–Crippen MR) is 89.1 cm³/mol. The molecule has 0 aliphatic carbocycles. The number of hydrogen-bond donors (Lipinski definition) is 2. The van der Waals surface area contributed by atoms with E-state index in [0.29, 0.717) is 31.1 Å². The van der Waals surface area contributed by atoms with Crippen LogP contribution in [0.5, 0.6) is 0 Å². The fourth-order valence-electron chi connectivity index (χ4n) is 2.47. The molecule has 0 spiro atoms. The monoisotopic (exact) mass is 324 g/mol. The molecular weight excluding hydrogens is 296 g/mol. The summed E-state index contributed by atoms with van der Waals surface area (Å²) in [5.74, 6) is 0.615. The Kier molecular flexibility index (Phi) is 9.43. The number of aliphatic hydroxyl groups excluding tert-OH is 1. The summed E-state index contributed by atoms with van der Waals surface area (Å²) < 4.78 is 10.8. The number of carbonyl (C=O) groups excluding carboxylic acids is 1. The van der Waals surface area contributed by atoms with E-state index in [-0.39, 0.29) is 24.5 Å². The van der Waals surface area contributed by atoms with Crippen molar-refractivity contribution in [1.29, 1.82) is 0 Å². The molecule has 1 aromatic rings. The minimum Gasteiger partial charge on any atom is -0.390 e. The van der Waals surface area contributed by atoms with Crippen LogP contribution in [0, 0.1) is 5.92 Å². The largest absolute Gasteiger partial charge is 0.390 e. The van der Waals surface area contributed by atoms with Gasteiger partial charge in [-0.1, -0.05) is 19.4 Å². The second kappa shape index (κ2) is 11.1. The molecule has 0 aliphatic heterocycles. The van der Waals surface area contributed by atoms with E-state index in [0.717, 1.165) is 12.8 Å². The lowest BCUT2D eigenvalue weighted by Gasteiger charge is -2.22. The number of hydrogen-bond acceptors (Lipinski definition) is 5. The highest BCUT2D eigenvalue weighted by Gasteiger charge is 2.19. The molecular formula is C17H28N2O4. The standard InChI is InChI=1S/C17H28N2O4/c1-4-13(9-15(12-22-3)23-5-2)10-17(21)19-16-8-6-7-14(11-20)18-16/h6-8,13,15,20H,4-5,9-12H2,1-3H3,(H,18,19,21). The van der Waals surface area contributed by atoms with Crippen LogP contribution in [0.15, 0.2) is 18.2 Å². The highest BCUT2D eigenvalue weighted by atomic mass is 16.5. The molecule has 2 N–H and O–H groups in total. The Morgan fingerprint density at radius 2 is 2.17 bits per heavy atom. The third kappa shape index (κ3) is 7.54. The van der Waals surface area contributed by atoms with E-state index in [1.54, 1.807) is 25.3 Å². The van der Waals surface area contributed by atoms with Gasteiger partial charge in [0.1, 0.15) is 5.82 Å². The minimum atomic E-state index is -0.144. The first-order chi connectivity index (χ1) is 11.1. The fraction of sp³-hybridized carbons (Fsp3) is 0.647. The van der Waals surface area contributed by atoms with Crippen LogP contribution in [-0.2, 0) is 20.9 Å². The van der Waals surface area contributed by atoms with E-state index >= 15 is 0 Å². The number of anilines is 1. The van der Waals surface area contributed by atoms with E-state index in [9.17, 15) is 4.79 Å². The van der Waals surface area contributed by atoms with Crippen molar-refractivity contribution in [3.8, 4) is 0 Å². The van der Waals surface area contributed by atoms with Crippen LogP contribution < -0.4 is 5.32 Å². The Hall–Kier alpha value is -1.50. The zero-order chi connectivity index (χ0) is 17.1. The summed E-state index contributed by atoms with van der Waals surface area (Å²) >= 11 is 0. The zero-order valence-corrected chi connectivity index (χ0v) is 14.2. The van der Waals surface area contributed by atoms with Gasteiger partial charge in [0, 0.05) is 20.1 Å². The van der Waals surface area contributed by atoms with Crippen molar-refractivity contribution in [1.82, 2.24) is 4.98 Å². The Labute approximate surface area is 138 Å². The molecule has 0 saturated carbocycles. The van der Waals surface area contributed by atoms with Crippen molar-refractivity contribution in [3.05, 3.63) is 23.9 Å². The molecule has 1 rings (SSSR count). The second-order valence-corrected chi connectivity index (χ2v) is 5.47. The maximum absolute atomic E-state index is 12.2. The van der Waals surface area contributed by atoms with Crippen LogP contribution in [0.3, 0.4) is 0 Å². The number of nitrogens with one attached hydrogen (secondary N) is 1. The second-order valence-electron chi connectivity index (χ2n) is 5.47. The zero-order valence-electron chi connectivity index (χ0n) is 14.2. The summed E-state index contributed by atoms with van der Waals surface area (Å²) in [6.07, 6.45) is 2.11. The normalized spacial score (nSPS) is 13.6. The molecule has 1 aromatic heterocycles. The molecule has 0 radical (unpaired) electrons. The average molecular weight is 324 g/mol. The van der Waals surface area contributed by atoms with Gasteiger partial charge in [-0.2, -0.15) is 0 Å². The molecule has 0 fully saturated rings. The first-order valence-electron chi connectivity index (χ1n) is 8.10. The predicted octanol–water partition coefficient (Wildman–Crippen LogP) is 2.37. The van der Waals surface area contributed by atoms with E-state index in [2.05, 4.69) is 17.2 Å². The van der Waals surface area contributed by atoms with Gasteiger partial charge in [-0.3, -0.25) is 4.79 Å². The number of rotatable bonds is 11. The number of nitrogens with zero attached hydrogens (tertiary/aromatic N) is 1. The van der Waals surface area contributed by atoms with Crippen LogP contribution in [0.2, 0.25) is 0 Å². The third-order valence-corrected chi connectivity index (χ3v) is 3.64. The number of ether oxygens (including phenoxy) is 2. The van der Waals surface area contributed by atoms with Crippen molar-refractivity contribution in [2.24, 2.45) is 5.92 Å². The lowest BCUT2D eigenvalue weighted by Crippen LogP contribution is -2.25. The minimum absolute atomic E-state index is 0.0126. The number of pyridine rings is 1. The van der Waals surface area contributed by atoms with E-state index in [4.69, 9.17) is 14.6 Å². The number of carbonyl (C=O) groups is 1. The van der Waals surface area contributed by atoms with Gasteiger partial charge in [0.15, 0.2) is 0 Å². The molecule has 0 saturated heterocycles. The van der Waals surface area contributed by atoms with E-state index < -0.39 is 0 Å². The average Bonchev–Trinajstić information content (AvgIpc) is 2.54. The van der Waals surface area contributed by atoms with Crippen LogP contribution in [0.25, 0.3) is 0 Å². The molecule has 0 aliphatic rings. The van der Waals surface area contributed by atoms with Crippen LogP contribution in [0.1, 0.15) is 38.8 Å². The molecule has 6 heteroatoms. The molecule has 1 heterocycles. The number of amides is 1. The highest BCUT2D eigenvalue weighted by molar-refractivity contribution is 5.89. The van der Waals surface area contributed by atoms with E-state index in [1.807, 2.05) is 6.92 Å². The Morgan fingerprint density at radius 3 is 2.78 bits per heavy atom. The summed E-state index contributed by atoms with van der Waals surface area (Å²) in [6.45, 7) is 5.05. The molecule has 6 nitrogen and oxygen atoms in total. The summed E-state index contributed by atoms with van der Waals surface area (Å²) in [5.41, 5.74) is 0.534. The maximum atomic E-state index is 12.2. The van der Waals surface area contributed by atoms with Gasteiger partial charge in [0.05, 0.1) is 25.0 Å². The molecule has 2 atom stereocenters. The van der Waals surface area contributed by atoms with Gasteiger partial charge in [-0.05, 0) is 31.4 Å². The van der Waals surface area contributed by atoms with Crippen molar-refractivity contribution >= 4 is 11.7 Å². The summed E-state index contributed by atoms with van der Waals surface area (Å²) in [4.78, 5) is 16.4. The molecule has 23 heavy (non-hydrogen) atoms. The Morgan fingerprint density at radius 1 is 1.39 bits per heavy atom. The smallest absolute Gasteiger partial charge is 0.225 e. The Balaban J connectivity index is 2.54. The van der Waals surface area contributed by atoms with Crippen LogP contribution >= 0.6 is 0 Å². The molecule has 0 bridgehead atoms.